The zero-order valence-electron chi connectivity index (χ0n) is 14.6. The first-order chi connectivity index (χ1) is 13.4. The van der Waals surface area contributed by atoms with Crippen LogP contribution in [-0.2, 0) is 12.5 Å². The van der Waals surface area contributed by atoms with E-state index in [1.54, 1.807) is 0 Å². The molecule has 0 spiro atoms. The Kier molecular flexibility index (Phi) is 5.55. The van der Waals surface area contributed by atoms with Gasteiger partial charge in [0, 0.05) is 29.7 Å². The molecule has 28 heavy (non-hydrogen) atoms. The van der Waals surface area contributed by atoms with Crippen LogP contribution in [0.15, 0.2) is 48.9 Å². The zero-order valence-corrected chi connectivity index (χ0v) is 14.6. The molecule has 0 aliphatic rings. The van der Waals surface area contributed by atoms with Gasteiger partial charge in [-0.1, -0.05) is 0 Å². The van der Waals surface area contributed by atoms with E-state index in [0.29, 0.717) is 0 Å². The van der Waals surface area contributed by atoms with E-state index in [1.807, 2.05) is 0 Å². The molecule has 0 amide bonds. The van der Waals surface area contributed by atoms with E-state index in [-0.39, 0.29) is 28.3 Å². The van der Waals surface area contributed by atoms with Crippen molar-refractivity contribution in [2.75, 3.05) is 7.11 Å². The fourth-order valence-corrected chi connectivity index (χ4v) is 2.63. The molecule has 146 valence electrons. The van der Waals surface area contributed by atoms with Crippen LogP contribution in [0.25, 0.3) is 11.1 Å². The molecule has 0 atom stereocenters. The second-order valence-corrected chi connectivity index (χ2v) is 5.81. The molecule has 0 bridgehead atoms. The molecule has 2 heterocycles. The highest BCUT2D eigenvalue weighted by Gasteiger charge is 2.35. The Hall–Kier alpha value is -3.07. The third kappa shape index (κ3) is 3.79. The maximum Gasteiger partial charge on any atom is 0.301 e. The number of benzene rings is 1. The molecule has 3 rings (SSSR count). The lowest BCUT2D eigenvalue weighted by Crippen LogP contribution is -2.17. The van der Waals surface area contributed by atoms with Crippen LogP contribution in [-0.4, -0.2) is 27.2 Å². The second kappa shape index (κ2) is 7.89. The number of alkyl halides is 4. The summed E-state index contributed by atoms with van der Waals surface area (Å²) < 4.78 is 61.0. The van der Waals surface area contributed by atoms with Crippen LogP contribution in [0, 0.1) is 0 Å². The molecule has 1 N–H and O–H groups in total. The van der Waals surface area contributed by atoms with Crippen LogP contribution < -0.4 is 4.74 Å². The standard InChI is InChI=1S/C19H15F4N3O2/c1-28-16-3-2-12(19(22,23)13-8-25-17(10-27)26-9-13)7-14(16)11-4-5-24-15(6-11)18(20)21/h2-9,18,27H,10H2,1H3. The number of hydrogen-bond acceptors (Lipinski definition) is 5. The first kappa shape index (κ1) is 19.7. The Balaban J connectivity index is 2.08. The summed E-state index contributed by atoms with van der Waals surface area (Å²) in [4.78, 5) is 10.9. The van der Waals surface area contributed by atoms with Gasteiger partial charge in [-0.15, -0.1) is 0 Å². The first-order valence-electron chi connectivity index (χ1n) is 8.10. The third-order valence-electron chi connectivity index (χ3n) is 4.09. The van der Waals surface area contributed by atoms with Crippen molar-refractivity contribution in [3.63, 3.8) is 0 Å². The van der Waals surface area contributed by atoms with E-state index in [2.05, 4.69) is 15.0 Å². The topological polar surface area (TPSA) is 68.1 Å². The highest BCUT2D eigenvalue weighted by molar-refractivity contribution is 5.71. The second-order valence-electron chi connectivity index (χ2n) is 5.81. The third-order valence-corrected chi connectivity index (χ3v) is 4.09. The number of methoxy groups -OCH3 is 1. The molecule has 0 radical (unpaired) electrons. The van der Waals surface area contributed by atoms with E-state index < -0.39 is 30.2 Å². The van der Waals surface area contributed by atoms with Gasteiger partial charge in [-0.25, -0.2) is 18.7 Å². The Morgan fingerprint density at radius 3 is 2.36 bits per heavy atom. The molecule has 0 aliphatic carbocycles. The summed E-state index contributed by atoms with van der Waals surface area (Å²) in [7, 11) is 1.35. The lowest BCUT2D eigenvalue weighted by Gasteiger charge is -2.19. The van der Waals surface area contributed by atoms with Gasteiger partial charge in [0.2, 0.25) is 0 Å². The van der Waals surface area contributed by atoms with E-state index in [0.717, 1.165) is 18.5 Å². The maximum atomic E-state index is 14.9. The van der Waals surface area contributed by atoms with Gasteiger partial charge in [-0.3, -0.25) is 4.98 Å². The Bertz CT molecular complexity index is 966. The maximum absolute atomic E-state index is 14.9. The number of hydrogen-bond donors (Lipinski definition) is 1. The van der Waals surface area contributed by atoms with Crippen molar-refractivity contribution in [3.05, 3.63) is 71.6 Å². The van der Waals surface area contributed by atoms with Gasteiger partial charge in [0.1, 0.15) is 18.1 Å². The van der Waals surface area contributed by atoms with E-state index in [4.69, 9.17) is 9.84 Å². The minimum absolute atomic E-state index is 0.0197. The predicted molar refractivity (Wildman–Crippen MR) is 92.1 cm³/mol. The van der Waals surface area contributed by atoms with Gasteiger partial charge >= 0.3 is 5.92 Å². The van der Waals surface area contributed by atoms with Crippen molar-refractivity contribution in [2.45, 2.75) is 19.0 Å². The van der Waals surface area contributed by atoms with E-state index in [9.17, 15) is 17.6 Å². The first-order valence-corrected chi connectivity index (χ1v) is 8.10. The highest BCUT2D eigenvalue weighted by Crippen LogP contribution is 2.40. The summed E-state index contributed by atoms with van der Waals surface area (Å²) in [6, 6.07) is 6.25. The average Bonchev–Trinajstić information content (AvgIpc) is 2.73. The lowest BCUT2D eigenvalue weighted by atomic mass is 9.96. The molecule has 0 unspecified atom stereocenters. The van der Waals surface area contributed by atoms with Crippen molar-refractivity contribution < 1.29 is 27.4 Å². The Morgan fingerprint density at radius 2 is 1.75 bits per heavy atom. The number of nitrogens with zero attached hydrogens (tertiary/aromatic N) is 3. The van der Waals surface area contributed by atoms with Crippen LogP contribution in [0.3, 0.4) is 0 Å². The SMILES string of the molecule is COc1ccc(C(F)(F)c2cnc(CO)nc2)cc1-c1ccnc(C(F)F)c1. The summed E-state index contributed by atoms with van der Waals surface area (Å²) >= 11 is 0. The van der Waals surface area contributed by atoms with Crippen molar-refractivity contribution in [3.8, 4) is 16.9 Å². The van der Waals surface area contributed by atoms with Gasteiger partial charge in [-0.2, -0.15) is 8.78 Å². The molecular weight excluding hydrogens is 378 g/mol. The molecule has 3 aromatic rings. The number of aliphatic hydroxyl groups is 1. The predicted octanol–water partition coefficient (Wildman–Crippen LogP) is 4.12. The molecular formula is C19H15F4N3O2. The van der Waals surface area contributed by atoms with Crippen LogP contribution in [0.1, 0.15) is 29.1 Å². The fraction of sp³-hybridized carbons (Fsp3) is 0.211. The quantitative estimate of drug-likeness (QED) is 0.638. The molecule has 0 saturated carbocycles. The van der Waals surface area contributed by atoms with Gasteiger partial charge < -0.3 is 9.84 Å². The molecule has 9 heteroatoms. The molecule has 1 aromatic carbocycles. The zero-order chi connectivity index (χ0) is 20.3. The number of pyridine rings is 1. The summed E-state index contributed by atoms with van der Waals surface area (Å²) in [5.74, 6) is -3.18. The molecule has 0 fully saturated rings. The monoisotopic (exact) mass is 393 g/mol. The minimum Gasteiger partial charge on any atom is -0.496 e. The van der Waals surface area contributed by atoms with Crippen LogP contribution in [0.4, 0.5) is 17.6 Å². The smallest absolute Gasteiger partial charge is 0.301 e. The van der Waals surface area contributed by atoms with Crippen LogP contribution >= 0.6 is 0 Å². The fourth-order valence-electron chi connectivity index (χ4n) is 2.63. The van der Waals surface area contributed by atoms with Gasteiger partial charge in [0.25, 0.3) is 6.43 Å². The molecule has 5 nitrogen and oxygen atoms in total. The van der Waals surface area contributed by atoms with Crippen molar-refractivity contribution in [2.24, 2.45) is 0 Å². The molecule has 0 aliphatic heterocycles. The normalized spacial score (nSPS) is 11.7. The number of ether oxygens (including phenoxy) is 1. The summed E-state index contributed by atoms with van der Waals surface area (Å²) in [6.07, 6.45) is 0.258. The summed E-state index contributed by atoms with van der Waals surface area (Å²) in [5.41, 5.74) is -0.837. The summed E-state index contributed by atoms with van der Waals surface area (Å²) in [5, 5.41) is 8.94. The average molecular weight is 393 g/mol. The number of halogens is 4. The molecule has 2 aromatic heterocycles. The number of aliphatic hydroxyl groups excluding tert-OH is 1. The Morgan fingerprint density at radius 1 is 1.04 bits per heavy atom. The highest BCUT2D eigenvalue weighted by atomic mass is 19.3. The van der Waals surface area contributed by atoms with Gasteiger partial charge in [0.15, 0.2) is 5.82 Å². The van der Waals surface area contributed by atoms with Crippen molar-refractivity contribution >= 4 is 0 Å². The van der Waals surface area contributed by atoms with Crippen molar-refractivity contribution in [1.29, 1.82) is 0 Å². The number of rotatable bonds is 6. The minimum atomic E-state index is -3.45. The summed E-state index contributed by atoms with van der Waals surface area (Å²) in [6.45, 7) is -0.465. The van der Waals surface area contributed by atoms with Crippen molar-refractivity contribution in [1.82, 2.24) is 15.0 Å². The van der Waals surface area contributed by atoms with E-state index in [1.165, 1.54) is 37.6 Å². The van der Waals surface area contributed by atoms with Gasteiger partial charge in [-0.05, 0) is 35.9 Å². The lowest BCUT2D eigenvalue weighted by molar-refractivity contribution is 0.0419. The Labute approximate surface area is 157 Å². The van der Waals surface area contributed by atoms with Crippen LogP contribution in [0.2, 0.25) is 0 Å². The van der Waals surface area contributed by atoms with E-state index >= 15 is 0 Å². The van der Waals surface area contributed by atoms with Crippen LogP contribution in [0.5, 0.6) is 5.75 Å². The molecule has 0 saturated heterocycles. The number of aromatic nitrogens is 3. The van der Waals surface area contributed by atoms with Gasteiger partial charge in [0.05, 0.1) is 12.7 Å². The largest absolute Gasteiger partial charge is 0.496 e.